The molecule has 0 saturated heterocycles. The van der Waals surface area contributed by atoms with Gasteiger partial charge in [0.2, 0.25) is 5.88 Å². The van der Waals surface area contributed by atoms with Gasteiger partial charge in [0.1, 0.15) is 17.5 Å². The van der Waals surface area contributed by atoms with Crippen LogP contribution in [0.15, 0.2) is 0 Å². The van der Waals surface area contributed by atoms with Gasteiger partial charge in [-0.1, -0.05) is 0 Å². The topological polar surface area (TPSA) is 120 Å². The summed E-state index contributed by atoms with van der Waals surface area (Å²) in [6, 6.07) is -1.04. The summed E-state index contributed by atoms with van der Waals surface area (Å²) in [6.45, 7) is 2.19. The van der Waals surface area contributed by atoms with Crippen molar-refractivity contribution in [3.63, 3.8) is 0 Å². The van der Waals surface area contributed by atoms with Crippen molar-refractivity contribution < 1.29 is 28.9 Å². The standard InChI is InChI=1S/C16H21N3O6S/c1-8-11-14(25-4)18-10(7-24-3)19-15(11)26-12(8)13(20)17-9(16(21)22)5-6-23-2/h9H,5-7H2,1-4H3,(H,17,20)(H,21,22). The van der Waals surface area contributed by atoms with Crippen LogP contribution in [0.1, 0.15) is 27.5 Å². The molecule has 0 saturated carbocycles. The lowest BCUT2D eigenvalue weighted by molar-refractivity contribution is -0.139. The van der Waals surface area contributed by atoms with Gasteiger partial charge in [-0.2, -0.15) is 4.98 Å². The highest BCUT2D eigenvalue weighted by atomic mass is 32.1. The van der Waals surface area contributed by atoms with Gasteiger partial charge >= 0.3 is 5.97 Å². The first-order valence-corrected chi connectivity index (χ1v) is 8.60. The first-order valence-electron chi connectivity index (χ1n) is 7.78. The van der Waals surface area contributed by atoms with Crippen LogP contribution in [0.4, 0.5) is 0 Å². The van der Waals surface area contributed by atoms with Crippen LogP contribution in [-0.2, 0) is 20.9 Å². The van der Waals surface area contributed by atoms with Gasteiger partial charge in [0.25, 0.3) is 5.91 Å². The largest absolute Gasteiger partial charge is 0.480 e. The van der Waals surface area contributed by atoms with E-state index in [9.17, 15) is 14.7 Å². The van der Waals surface area contributed by atoms with Crippen molar-refractivity contribution in [1.29, 1.82) is 0 Å². The number of aromatic nitrogens is 2. The van der Waals surface area contributed by atoms with Crippen LogP contribution in [0.2, 0.25) is 0 Å². The maximum Gasteiger partial charge on any atom is 0.326 e. The Morgan fingerprint density at radius 1 is 1.23 bits per heavy atom. The molecule has 0 aromatic carbocycles. The summed E-state index contributed by atoms with van der Waals surface area (Å²) in [5.74, 6) is -0.809. The lowest BCUT2D eigenvalue weighted by atomic mass is 10.1. The molecule has 2 heterocycles. The molecule has 0 radical (unpaired) electrons. The van der Waals surface area contributed by atoms with Crippen LogP contribution in [0, 0.1) is 6.92 Å². The number of amides is 1. The van der Waals surface area contributed by atoms with E-state index in [4.69, 9.17) is 14.2 Å². The van der Waals surface area contributed by atoms with Gasteiger partial charge in [0, 0.05) is 27.2 Å². The highest BCUT2D eigenvalue weighted by Crippen LogP contribution is 2.35. The fraction of sp³-hybridized carbons (Fsp3) is 0.500. The van der Waals surface area contributed by atoms with Gasteiger partial charge in [-0.25, -0.2) is 9.78 Å². The third kappa shape index (κ3) is 4.26. The van der Waals surface area contributed by atoms with Crippen LogP contribution >= 0.6 is 11.3 Å². The zero-order valence-corrected chi connectivity index (χ0v) is 15.8. The second-order valence-corrected chi connectivity index (χ2v) is 6.46. The number of hydrogen-bond acceptors (Lipinski definition) is 8. The highest BCUT2D eigenvalue weighted by Gasteiger charge is 2.25. The minimum absolute atomic E-state index is 0.169. The number of thiophene rings is 1. The summed E-state index contributed by atoms with van der Waals surface area (Å²) in [5.41, 5.74) is 0.638. The second kappa shape index (κ2) is 8.88. The molecule has 2 aromatic rings. The first-order chi connectivity index (χ1) is 12.4. The molecule has 1 amide bonds. The molecule has 0 bridgehead atoms. The fourth-order valence-corrected chi connectivity index (χ4v) is 3.51. The summed E-state index contributed by atoms with van der Waals surface area (Å²) in [6.07, 6.45) is 0.169. The number of hydrogen-bond donors (Lipinski definition) is 2. The number of rotatable bonds is 9. The molecule has 142 valence electrons. The molecule has 0 aliphatic heterocycles. The predicted molar refractivity (Wildman–Crippen MR) is 94.8 cm³/mol. The molecule has 0 spiro atoms. The van der Waals surface area contributed by atoms with Crippen LogP contribution in [0.5, 0.6) is 5.88 Å². The van der Waals surface area contributed by atoms with Crippen molar-refractivity contribution in [2.75, 3.05) is 27.9 Å². The minimum atomic E-state index is -1.12. The summed E-state index contributed by atoms with van der Waals surface area (Å²) < 4.78 is 15.3. The van der Waals surface area contributed by atoms with Gasteiger partial charge in [-0.15, -0.1) is 11.3 Å². The Labute approximate surface area is 154 Å². The normalized spacial score (nSPS) is 12.2. The number of carboxylic acids is 1. The first kappa shape index (κ1) is 20.0. The third-order valence-corrected chi connectivity index (χ3v) is 4.87. The molecule has 26 heavy (non-hydrogen) atoms. The Hall–Kier alpha value is -2.30. The van der Waals surface area contributed by atoms with E-state index in [1.165, 1.54) is 21.3 Å². The number of nitrogens with one attached hydrogen (secondary N) is 1. The Balaban J connectivity index is 2.38. The van der Waals surface area contributed by atoms with Crippen molar-refractivity contribution >= 4 is 33.4 Å². The van der Waals surface area contributed by atoms with Gasteiger partial charge in [-0.3, -0.25) is 4.79 Å². The summed E-state index contributed by atoms with van der Waals surface area (Å²) in [5, 5.41) is 12.4. The highest BCUT2D eigenvalue weighted by molar-refractivity contribution is 7.20. The average molecular weight is 383 g/mol. The molecule has 0 aliphatic rings. The van der Waals surface area contributed by atoms with Crippen molar-refractivity contribution in [1.82, 2.24) is 15.3 Å². The van der Waals surface area contributed by atoms with Crippen molar-refractivity contribution in [3.8, 4) is 5.88 Å². The van der Waals surface area contributed by atoms with E-state index in [-0.39, 0.29) is 19.6 Å². The lowest BCUT2D eigenvalue weighted by Gasteiger charge is -2.13. The van der Waals surface area contributed by atoms with E-state index in [1.807, 2.05) is 0 Å². The van der Waals surface area contributed by atoms with Crippen molar-refractivity contribution in [2.24, 2.45) is 0 Å². The van der Waals surface area contributed by atoms with Crippen LogP contribution < -0.4 is 10.1 Å². The number of carbonyl (C=O) groups excluding carboxylic acids is 1. The SMILES string of the molecule is COCCC(NC(=O)c1sc2nc(COC)nc(OC)c2c1C)C(=O)O. The Kier molecular flexibility index (Phi) is 6.83. The molecule has 2 aromatic heterocycles. The number of carboxylic acid groups (broad SMARTS) is 1. The molecule has 0 fully saturated rings. The van der Waals surface area contributed by atoms with E-state index >= 15 is 0 Å². The molecular formula is C16H21N3O6S. The van der Waals surface area contributed by atoms with Crippen molar-refractivity contribution in [3.05, 3.63) is 16.3 Å². The maximum atomic E-state index is 12.6. The molecule has 1 atom stereocenters. The second-order valence-electron chi connectivity index (χ2n) is 5.46. The summed E-state index contributed by atoms with van der Waals surface area (Å²) in [7, 11) is 4.49. The van der Waals surface area contributed by atoms with E-state index < -0.39 is 17.9 Å². The van der Waals surface area contributed by atoms with Gasteiger partial charge < -0.3 is 24.6 Å². The van der Waals surface area contributed by atoms with Gasteiger partial charge in [-0.05, 0) is 12.5 Å². The molecule has 9 nitrogen and oxygen atoms in total. The molecule has 0 aliphatic carbocycles. The van der Waals surface area contributed by atoms with Crippen LogP contribution in [-0.4, -0.2) is 60.9 Å². The summed E-state index contributed by atoms with van der Waals surface area (Å²) in [4.78, 5) is 33.5. The smallest absolute Gasteiger partial charge is 0.326 e. The number of ether oxygens (including phenoxy) is 3. The summed E-state index contributed by atoms with van der Waals surface area (Å²) >= 11 is 1.16. The zero-order chi connectivity index (χ0) is 19.3. The van der Waals surface area contributed by atoms with E-state index in [0.29, 0.717) is 32.4 Å². The molecular weight excluding hydrogens is 362 g/mol. The minimum Gasteiger partial charge on any atom is -0.480 e. The van der Waals surface area contributed by atoms with Crippen LogP contribution in [0.3, 0.4) is 0 Å². The fourth-order valence-electron chi connectivity index (χ4n) is 2.42. The third-order valence-electron chi connectivity index (χ3n) is 3.69. The monoisotopic (exact) mass is 383 g/mol. The molecule has 2 N–H and O–H groups in total. The van der Waals surface area contributed by atoms with Gasteiger partial charge in [0.05, 0.1) is 17.4 Å². The van der Waals surface area contributed by atoms with E-state index in [0.717, 1.165) is 11.3 Å². The van der Waals surface area contributed by atoms with E-state index in [1.54, 1.807) is 6.92 Å². The Morgan fingerprint density at radius 3 is 2.54 bits per heavy atom. The zero-order valence-electron chi connectivity index (χ0n) is 15.0. The number of methoxy groups -OCH3 is 3. The lowest BCUT2D eigenvalue weighted by Crippen LogP contribution is -2.41. The predicted octanol–water partition coefficient (Wildman–Crippen LogP) is 1.37. The average Bonchev–Trinajstić information content (AvgIpc) is 2.94. The Bertz CT molecular complexity index is 807. The van der Waals surface area contributed by atoms with Crippen LogP contribution in [0.25, 0.3) is 10.2 Å². The molecule has 10 heteroatoms. The van der Waals surface area contributed by atoms with Crippen molar-refractivity contribution in [2.45, 2.75) is 26.0 Å². The number of fused-ring (bicyclic) bond motifs is 1. The Morgan fingerprint density at radius 2 is 1.96 bits per heavy atom. The van der Waals surface area contributed by atoms with Gasteiger partial charge in [0.15, 0.2) is 5.82 Å². The molecule has 2 rings (SSSR count). The molecule has 1 unspecified atom stereocenters. The number of carbonyl (C=O) groups is 2. The quantitative estimate of drug-likeness (QED) is 0.666. The van der Waals surface area contributed by atoms with E-state index in [2.05, 4.69) is 15.3 Å². The number of nitrogens with zero attached hydrogens (tertiary/aromatic N) is 2. The maximum absolute atomic E-state index is 12.6. The number of aryl methyl sites for hydroxylation is 1. The number of aliphatic carboxylic acids is 1.